The summed E-state index contributed by atoms with van der Waals surface area (Å²) in [5, 5.41) is 0. The molecular weight excluding hydrogens is 192 g/mol. The van der Waals surface area contributed by atoms with Crippen LogP contribution >= 0.6 is 0 Å². The molecule has 1 saturated heterocycles. The van der Waals surface area contributed by atoms with Crippen LogP contribution in [0.15, 0.2) is 12.7 Å². The van der Waals surface area contributed by atoms with Gasteiger partial charge in [0, 0.05) is 6.61 Å². The summed E-state index contributed by atoms with van der Waals surface area (Å²) in [7, 11) is 0. The molecule has 0 bridgehead atoms. The molecule has 0 aromatic carbocycles. The zero-order valence-corrected chi connectivity index (χ0v) is 8.55. The molecule has 1 fully saturated rings. The number of ether oxygens (including phenoxy) is 1. The first-order valence-electron chi connectivity index (χ1n) is 5.12. The Labute approximate surface area is 87.1 Å². The normalized spacial score (nSPS) is 21.3. The molecule has 15 heavy (non-hydrogen) atoms. The lowest BCUT2D eigenvalue weighted by Crippen LogP contribution is -2.06. The topological polar surface area (TPSA) is 52.8 Å². The molecule has 0 N–H and O–H groups in total. The van der Waals surface area contributed by atoms with Crippen LogP contribution in [-0.2, 0) is 4.74 Å². The highest BCUT2D eigenvalue weighted by Gasteiger charge is 2.20. The van der Waals surface area contributed by atoms with Gasteiger partial charge in [-0.2, -0.15) is 0 Å². The van der Waals surface area contributed by atoms with Crippen LogP contribution in [0, 0.1) is 6.92 Å². The Hall–Kier alpha value is -1.49. The number of imidazole rings is 1. The lowest BCUT2D eigenvalue weighted by atomic mass is 10.3. The minimum Gasteiger partial charge on any atom is -0.358 e. The molecule has 78 valence electrons. The van der Waals surface area contributed by atoms with Crippen LogP contribution in [-0.4, -0.2) is 26.1 Å². The monoisotopic (exact) mass is 204 g/mol. The largest absolute Gasteiger partial charge is 0.358 e. The van der Waals surface area contributed by atoms with Crippen molar-refractivity contribution in [2.24, 2.45) is 0 Å². The quantitative estimate of drug-likeness (QED) is 0.705. The summed E-state index contributed by atoms with van der Waals surface area (Å²) in [5.74, 6) is 0. The third kappa shape index (κ3) is 1.31. The number of aromatic nitrogens is 4. The van der Waals surface area contributed by atoms with Crippen molar-refractivity contribution in [3.8, 4) is 0 Å². The molecule has 5 heteroatoms. The Balaban J connectivity index is 2.15. The van der Waals surface area contributed by atoms with Crippen molar-refractivity contribution in [3.63, 3.8) is 0 Å². The fraction of sp³-hybridized carbons (Fsp3) is 0.500. The third-order valence-electron chi connectivity index (χ3n) is 2.76. The van der Waals surface area contributed by atoms with Crippen molar-refractivity contribution >= 4 is 11.2 Å². The van der Waals surface area contributed by atoms with E-state index in [-0.39, 0.29) is 6.23 Å². The van der Waals surface area contributed by atoms with Crippen LogP contribution in [0.25, 0.3) is 11.2 Å². The number of hydrogen-bond acceptors (Lipinski definition) is 4. The van der Waals surface area contributed by atoms with Crippen molar-refractivity contribution in [3.05, 3.63) is 18.3 Å². The van der Waals surface area contributed by atoms with E-state index in [9.17, 15) is 0 Å². The average molecular weight is 204 g/mol. The minimum absolute atomic E-state index is 0.101. The maximum Gasteiger partial charge on any atom is 0.165 e. The molecule has 1 atom stereocenters. The fourth-order valence-corrected chi connectivity index (χ4v) is 1.96. The Bertz CT molecular complexity index is 487. The highest BCUT2D eigenvalue weighted by atomic mass is 16.5. The zero-order chi connectivity index (χ0) is 10.3. The second-order valence-electron chi connectivity index (χ2n) is 3.75. The van der Waals surface area contributed by atoms with Gasteiger partial charge >= 0.3 is 0 Å². The Morgan fingerprint density at radius 3 is 3.13 bits per heavy atom. The number of rotatable bonds is 1. The molecule has 5 nitrogen and oxygen atoms in total. The maximum absolute atomic E-state index is 5.61. The van der Waals surface area contributed by atoms with Crippen LogP contribution in [0.1, 0.15) is 24.8 Å². The summed E-state index contributed by atoms with van der Waals surface area (Å²) in [6.07, 6.45) is 5.61. The summed E-state index contributed by atoms with van der Waals surface area (Å²) in [6, 6.07) is 0. The molecule has 0 amide bonds. The van der Waals surface area contributed by atoms with Gasteiger partial charge in [0.25, 0.3) is 0 Å². The van der Waals surface area contributed by atoms with Gasteiger partial charge in [-0.25, -0.2) is 15.0 Å². The Kier molecular flexibility index (Phi) is 1.92. The molecule has 3 heterocycles. The second kappa shape index (κ2) is 3.27. The maximum atomic E-state index is 5.61. The number of hydrogen-bond donors (Lipinski definition) is 0. The van der Waals surface area contributed by atoms with Crippen molar-refractivity contribution in [1.82, 2.24) is 19.5 Å². The fourth-order valence-electron chi connectivity index (χ4n) is 1.96. The predicted molar refractivity (Wildman–Crippen MR) is 54.3 cm³/mol. The molecule has 1 aliphatic rings. The van der Waals surface area contributed by atoms with E-state index in [4.69, 9.17) is 4.74 Å². The van der Waals surface area contributed by atoms with E-state index in [1.54, 1.807) is 12.7 Å². The molecule has 1 aliphatic heterocycles. The van der Waals surface area contributed by atoms with Crippen molar-refractivity contribution in [2.45, 2.75) is 26.0 Å². The smallest absolute Gasteiger partial charge is 0.165 e. The van der Waals surface area contributed by atoms with Gasteiger partial charge in [0.2, 0.25) is 0 Å². The van der Waals surface area contributed by atoms with E-state index in [2.05, 4.69) is 15.0 Å². The van der Waals surface area contributed by atoms with Crippen LogP contribution in [0.5, 0.6) is 0 Å². The van der Waals surface area contributed by atoms with Gasteiger partial charge in [-0.1, -0.05) is 0 Å². The summed E-state index contributed by atoms with van der Waals surface area (Å²) in [4.78, 5) is 12.7. The summed E-state index contributed by atoms with van der Waals surface area (Å²) in [5.41, 5.74) is 2.65. The standard InChI is InChI=1S/C10H12N4O/c1-7-9-10(12-5-11-7)14(6-13-9)8-3-2-4-15-8/h5-6,8H,2-4H2,1H3. The highest BCUT2D eigenvalue weighted by molar-refractivity contribution is 5.72. The molecule has 0 aliphatic carbocycles. The van der Waals surface area contributed by atoms with Gasteiger partial charge < -0.3 is 4.74 Å². The molecule has 0 spiro atoms. The molecule has 2 aromatic rings. The Morgan fingerprint density at radius 2 is 2.33 bits per heavy atom. The van der Waals surface area contributed by atoms with E-state index in [0.29, 0.717) is 0 Å². The first-order valence-corrected chi connectivity index (χ1v) is 5.12. The van der Waals surface area contributed by atoms with Gasteiger partial charge in [0.15, 0.2) is 5.65 Å². The number of aryl methyl sites for hydroxylation is 1. The van der Waals surface area contributed by atoms with Gasteiger partial charge in [0.1, 0.15) is 18.1 Å². The minimum atomic E-state index is 0.101. The Morgan fingerprint density at radius 1 is 1.40 bits per heavy atom. The summed E-state index contributed by atoms with van der Waals surface area (Å²) in [6.45, 7) is 2.77. The van der Waals surface area contributed by atoms with Crippen molar-refractivity contribution in [2.75, 3.05) is 6.61 Å². The number of nitrogens with zero attached hydrogens (tertiary/aromatic N) is 4. The van der Waals surface area contributed by atoms with E-state index < -0.39 is 0 Å². The molecular formula is C10H12N4O. The van der Waals surface area contributed by atoms with E-state index >= 15 is 0 Å². The van der Waals surface area contributed by atoms with Crippen LogP contribution in [0.2, 0.25) is 0 Å². The highest BCUT2D eigenvalue weighted by Crippen LogP contribution is 2.26. The lowest BCUT2D eigenvalue weighted by Gasteiger charge is -2.10. The zero-order valence-electron chi connectivity index (χ0n) is 8.55. The number of fused-ring (bicyclic) bond motifs is 1. The molecule has 0 saturated carbocycles. The molecule has 1 unspecified atom stereocenters. The van der Waals surface area contributed by atoms with Gasteiger partial charge in [-0.3, -0.25) is 4.57 Å². The third-order valence-corrected chi connectivity index (χ3v) is 2.76. The van der Waals surface area contributed by atoms with Crippen molar-refractivity contribution in [1.29, 1.82) is 0 Å². The summed E-state index contributed by atoms with van der Waals surface area (Å²) < 4.78 is 7.60. The molecule has 3 rings (SSSR count). The van der Waals surface area contributed by atoms with Gasteiger partial charge in [-0.15, -0.1) is 0 Å². The summed E-state index contributed by atoms with van der Waals surface area (Å²) >= 11 is 0. The van der Waals surface area contributed by atoms with Crippen LogP contribution < -0.4 is 0 Å². The van der Waals surface area contributed by atoms with E-state index in [1.807, 2.05) is 11.5 Å². The van der Waals surface area contributed by atoms with E-state index in [0.717, 1.165) is 36.3 Å². The van der Waals surface area contributed by atoms with Gasteiger partial charge in [-0.05, 0) is 19.8 Å². The molecule has 0 radical (unpaired) electrons. The van der Waals surface area contributed by atoms with Crippen LogP contribution in [0.3, 0.4) is 0 Å². The van der Waals surface area contributed by atoms with Crippen molar-refractivity contribution < 1.29 is 4.74 Å². The van der Waals surface area contributed by atoms with Crippen LogP contribution in [0.4, 0.5) is 0 Å². The first-order chi connectivity index (χ1) is 7.36. The lowest BCUT2D eigenvalue weighted by molar-refractivity contribution is 0.0593. The van der Waals surface area contributed by atoms with E-state index in [1.165, 1.54) is 0 Å². The SMILES string of the molecule is Cc1ncnc2c1ncn2C1CCCO1. The predicted octanol–water partition coefficient (Wildman–Crippen LogP) is 1.44. The second-order valence-corrected chi connectivity index (χ2v) is 3.75. The molecule has 2 aromatic heterocycles. The van der Waals surface area contributed by atoms with Gasteiger partial charge in [0.05, 0.1) is 12.0 Å². The first kappa shape index (κ1) is 8.79. The average Bonchev–Trinajstić information content (AvgIpc) is 2.85.